The Balaban J connectivity index is 1.66. The first kappa shape index (κ1) is 15.6. The molecule has 1 aromatic carbocycles. The number of rotatable bonds is 6. The lowest BCUT2D eigenvalue weighted by Gasteiger charge is -2.08. The summed E-state index contributed by atoms with van der Waals surface area (Å²) in [7, 11) is -3.61. The first-order chi connectivity index (χ1) is 11.0. The van der Waals surface area contributed by atoms with Gasteiger partial charge in [0.05, 0.1) is 4.90 Å². The Bertz CT molecular complexity index is 785. The number of aromatic nitrogens is 1. The maximum Gasteiger partial charge on any atom is 0.251 e. The molecule has 1 aliphatic rings. The highest BCUT2D eigenvalue weighted by atomic mass is 32.2. The molecule has 1 fully saturated rings. The van der Waals surface area contributed by atoms with Crippen molar-refractivity contribution in [3.8, 4) is 0 Å². The Morgan fingerprint density at radius 3 is 2.35 bits per heavy atom. The Morgan fingerprint density at radius 1 is 1.09 bits per heavy atom. The van der Waals surface area contributed by atoms with Crippen molar-refractivity contribution in [2.24, 2.45) is 0 Å². The summed E-state index contributed by atoms with van der Waals surface area (Å²) < 4.78 is 27.0. The highest BCUT2D eigenvalue weighted by Crippen LogP contribution is 2.19. The smallest absolute Gasteiger partial charge is 0.251 e. The molecule has 0 unspecified atom stereocenters. The first-order valence-electron chi connectivity index (χ1n) is 7.34. The van der Waals surface area contributed by atoms with Gasteiger partial charge in [-0.1, -0.05) is 0 Å². The van der Waals surface area contributed by atoms with Gasteiger partial charge < -0.3 is 5.32 Å². The third kappa shape index (κ3) is 4.14. The quantitative estimate of drug-likeness (QED) is 0.838. The maximum absolute atomic E-state index is 12.2. The molecule has 7 heteroatoms. The van der Waals surface area contributed by atoms with Crippen LogP contribution in [0.15, 0.2) is 53.7 Å². The second-order valence-corrected chi connectivity index (χ2v) is 7.22. The third-order valence-electron chi connectivity index (χ3n) is 3.56. The van der Waals surface area contributed by atoms with E-state index in [0.717, 1.165) is 18.4 Å². The summed E-state index contributed by atoms with van der Waals surface area (Å²) in [4.78, 5) is 15.9. The highest BCUT2D eigenvalue weighted by Gasteiger charge is 2.24. The Kier molecular flexibility index (Phi) is 4.40. The van der Waals surface area contributed by atoms with Crippen LogP contribution in [0.25, 0.3) is 0 Å². The number of carbonyl (C=O) groups excluding carboxylic acids is 1. The molecular weight excluding hydrogens is 314 g/mol. The van der Waals surface area contributed by atoms with E-state index in [9.17, 15) is 13.2 Å². The lowest BCUT2D eigenvalue weighted by molar-refractivity contribution is 0.0951. The van der Waals surface area contributed by atoms with Crippen molar-refractivity contribution in [3.05, 3.63) is 59.9 Å². The molecule has 2 aromatic rings. The summed E-state index contributed by atoms with van der Waals surface area (Å²) in [5, 5.41) is 2.87. The van der Waals surface area contributed by atoms with Gasteiger partial charge >= 0.3 is 0 Å². The van der Waals surface area contributed by atoms with Crippen LogP contribution in [0.1, 0.15) is 28.8 Å². The van der Waals surface area contributed by atoms with Gasteiger partial charge in [-0.15, -0.1) is 0 Å². The van der Waals surface area contributed by atoms with Crippen molar-refractivity contribution in [1.29, 1.82) is 0 Å². The Labute approximate surface area is 135 Å². The summed E-state index contributed by atoms with van der Waals surface area (Å²) in [6.07, 6.45) is 5.24. The summed E-state index contributed by atoms with van der Waals surface area (Å²) in [6.45, 7) is 0.189. The van der Waals surface area contributed by atoms with Crippen LogP contribution in [0.4, 0.5) is 0 Å². The average Bonchev–Trinajstić information content (AvgIpc) is 3.38. The topological polar surface area (TPSA) is 88.2 Å². The van der Waals surface area contributed by atoms with Gasteiger partial charge in [-0.2, -0.15) is 0 Å². The summed E-state index contributed by atoms with van der Waals surface area (Å²) in [5.74, 6) is -0.166. The molecule has 1 amide bonds. The Morgan fingerprint density at radius 2 is 1.74 bits per heavy atom. The lowest BCUT2D eigenvalue weighted by Crippen LogP contribution is -2.26. The fourth-order valence-corrected chi connectivity index (χ4v) is 3.06. The molecule has 0 atom stereocenters. The molecule has 120 valence electrons. The molecule has 6 nitrogen and oxygen atoms in total. The second-order valence-electron chi connectivity index (χ2n) is 5.45. The van der Waals surface area contributed by atoms with Crippen molar-refractivity contribution in [2.45, 2.75) is 30.3 Å². The normalized spacial score (nSPS) is 14.4. The maximum atomic E-state index is 12.2. The number of hydrogen-bond acceptors (Lipinski definition) is 4. The number of carbonyl (C=O) groups is 1. The van der Waals surface area contributed by atoms with Gasteiger partial charge in [0.1, 0.15) is 0 Å². The predicted octanol–water partition coefficient (Wildman–Crippen LogP) is 1.45. The minimum atomic E-state index is -3.61. The van der Waals surface area contributed by atoms with E-state index < -0.39 is 10.0 Å². The van der Waals surface area contributed by atoms with E-state index in [4.69, 9.17) is 0 Å². The lowest BCUT2D eigenvalue weighted by atomic mass is 10.2. The fraction of sp³-hybridized carbons (Fsp3) is 0.250. The first-order valence-corrected chi connectivity index (χ1v) is 8.82. The van der Waals surface area contributed by atoms with Crippen LogP contribution in [-0.2, 0) is 16.6 Å². The van der Waals surface area contributed by atoms with Crippen molar-refractivity contribution < 1.29 is 13.2 Å². The molecular formula is C16H17N3O3S. The van der Waals surface area contributed by atoms with E-state index in [-0.39, 0.29) is 23.4 Å². The molecule has 1 aromatic heterocycles. The van der Waals surface area contributed by atoms with Gasteiger partial charge in [-0.05, 0) is 54.8 Å². The van der Waals surface area contributed by atoms with Crippen LogP contribution in [0.3, 0.4) is 0 Å². The van der Waals surface area contributed by atoms with Gasteiger partial charge in [0.25, 0.3) is 5.91 Å². The van der Waals surface area contributed by atoms with Crippen LogP contribution in [0.2, 0.25) is 0 Å². The molecule has 1 heterocycles. The van der Waals surface area contributed by atoms with Crippen LogP contribution in [-0.4, -0.2) is 25.4 Å². The summed E-state index contributed by atoms with van der Waals surface area (Å²) >= 11 is 0. The van der Waals surface area contributed by atoms with Crippen molar-refractivity contribution in [2.75, 3.05) is 0 Å². The minimum Gasteiger partial charge on any atom is -0.349 e. The van der Waals surface area contributed by atoms with Gasteiger partial charge in [0, 0.05) is 30.5 Å². The monoisotopic (exact) mass is 331 g/mol. The molecule has 0 aliphatic heterocycles. The summed E-state index contributed by atoms with van der Waals surface area (Å²) in [5.41, 5.74) is 1.29. The number of nitrogens with zero attached hydrogens (tertiary/aromatic N) is 1. The zero-order valence-electron chi connectivity index (χ0n) is 12.4. The molecule has 1 saturated carbocycles. The number of nitrogens with one attached hydrogen (secondary N) is 2. The number of sulfonamides is 1. The van der Waals surface area contributed by atoms with Crippen molar-refractivity contribution in [3.63, 3.8) is 0 Å². The number of amides is 1. The zero-order valence-corrected chi connectivity index (χ0v) is 13.2. The van der Waals surface area contributed by atoms with E-state index in [1.54, 1.807) is 24.5 Å². The van der Waals surface area contributed by atoms with E-state index in [0.29, 0.717) is 5.56 Å². The van der Waals surface area contributed by atoms with Crippen molar-refractivity contribution >= 4 is 15.9 Å². The van der Waals surface area contributed by atoms with Crippen LogP contribution >= 0.6 is 0 Å². The van der Waals surface area contributed by atoms with E-state index in [1.807, 2.05) is 0 Å². The SMILES string of the molecule is O=C(NC1CC1)c1ccc(S(=O)(=O)NCc2ccncc2)cc1. The van der Waals surface area contributed by atoms with Gasteiger partial charge in [0.15, 0.2) is 0 Å². The molecule has 0 bridgehead atoms. The largest absolute Gasteiger partial charge is 0.349 e. The molecule has 0 saturated heterocycles. The number of benzene rings is 1. The van der Waals surface area contributed by atoms with Crippen molar-refractivity contribution in [1.82, 2.24) is 15.0 Å². The van der Waals surface area contributed by atoms with Crippen LogP contribution < -0.4 is 10.0 Å². The standard InChI is InChI=1S/C16H17N3O3S/c20-16(19-14-3-4-14)13-1-5-15(6-2-13)23(21,22)18-11-12-7-9-17-10-8-12/h1-2,5-10,14,18H,3-4,11H2,(H,19,20). The molecule has 23 heavy (non-hydrogen) atoms. The summed E-state index contributed by atoms with van der Waals surface area (Å²) in [6, 6.07) is 9.69. The van der Waals surface area contributed by atoms with Crippen LogP contribution in [0, 0.1) is 0 Å². The van der Waals surface area contributed by atoms with E-state index in [1.165, 1.54) is 24.3 Å². The zero-order chi connectivity index (χ0) is 16.3. The van der Waals surface area contributed by atoms with Crippen LogP contribution in [0.5, 0.6) is 0 Å². The molecule has 0 spiro atoms. The van der Waals surface area contributed by atoms with Gasteiger partial charge in [-0.25, -0.2) is 13.1 Å². The second kappa shape index (κ2) is 6.47. The number of hydrogen-bond donors (Lipinski definition) is 2. The average molecular weight is 331 g/mol. The Hall–Kier alpha value is -2.25. The van der Waals surface area contributed by atoms with Gasteiger partial charge in [0.2, 0.25) is 10.0 Å². The van der Waals surface area contributed by atoms with E-state index >= 15 is 0 Å². The van der Waals surface area contributed by atoms with E-state index in [2.05, 4.69) is 15.0 Å². The molecule has 1 aliphatic carbocycles. The highest BCUT2D eigenvalue weighted by molar-refractivity contribution is 7.89. The molecule has 0 radical (unpaired) electrons. The van der Waals surface area contributed by atoms with Gasteiger partial charge in [-0.3, -0.25) is 9.78 Å². The number of pyridine rings is 1. The third-order valence-corrected chi connectivity index (χ3v) is 4.97. The molecule has 2 N–H and O–H groups in total. The fourth-order valence-electron chi connectivity index (χ4n) is 2.04. The predicted molar refractivity (Wildman–Crippen MR) is 85.2 cm³/mol. The minimum absolute atomic E-state index is 0.134. The molecule has 3 rings (SSSR count).